The van der Waals surface area contributed by atoms with Crippen LogP contribution >= 0.6 is 11.8 Å². The second kappa shape index (κ2) is 11.9. The lowest BCUT2D eigenvalue weighted by Crippen LogP contribution is -2.25. The van der Waals surface area contributed by atoms with Gasteiger partial charge in [-0.2, -0.15) is 0 Å². The molecule has 1 heterocycles. The molecule has 0 aliphatic rings. The molecule has 8 heteroatoms. The number of nitrogens with one attached hydrogen (secondary N) is 2. The zero-order valence-corrected chi connectivity index (χ0v) is 24.1. The molecule has 2 amide bonds. The number of nitrogens with zero attached hydrogens (tertiary/aromatic N) is 3. The lowest BCUT2D eigenvalue weighted by Gasteiger charge is -2.19. The molecule has 0 bridgehead atoms. The molecule has 0 fully saturated rings. The molecular weight excluding hydrogens is 506 g/mol. The normalized spacial score (nSPS) is 11.3. The quantitative estimate of drug-likeness (QED) is 0.261. The standard InChI is InChI=1S/C31H35N5O2S/c1-20-8-7-9-25(16-20)36-27(18-32-29(38)23-12-14-24(15-13-23)31(4,5)6)34-35-30(36)39-19-28(37)33-26-17-21(2)10-11-22(26)3/h7-17H,18-19H2,1-6H3,(H,32,38)(H,33,37). The van der Waals surface area contributed by atoms with Crippen molar-refractivity contribution in [2.24, 2.45) is 0 Å². The van der Waals surface area contributed by atoms with E-state index in [4.69, 9.17) is 0 Å². The Hall–Kier alpha value is -3.91. The second-order valence-electron chi connectivity index (χ2n) is 10.7. The molecule has 39 heavy (non-hydrogen) atoms. The first kappa shape index (κ1) is 28.1. The third-order valence-electron chi connectivity index (χ3n) is 6.38. The largest absolute Gasteiger partial charge is 0.345 e. The first-order valence-electron chi connectivity index (χ1n) is 12.9. The number of aryl methyl sites for hydroxylation is 3. The van der Waals surface area contributed by atoms with Gasteiger partial charge in [-0.05, 0) is 78.8 Å². The topological polar surface area (TPSA) is 88.9 Å². The van der Waals surface area contributed by atoms with Crippen molar-refractivity contribution in [2.45, 2.75) is 58.7 Å². The summed E-state index contributed by atoms with van der Waals surface area (Å²) in [5.74, 6) is 0.444. The maximum absolute atomic E-state index is 12.9. The van der Waals surface area contributed by atoms with E-state index in [0.29, 0.717) is 16.5 Å². The van der Waals surface area contributed by atoms with Crippen LogP contribution in [0.2, 0.25) is 0 Å². The number of thioether (sulfide) groups is 1. The fraction of sp³-hybridized carbons (Fsp3) is 0.290. The molecule has 0 atom stereocenters. The van der Waals surface area contributed by atoms with Crippen molar-refractivity contribution >= 4 is 29.3 Å². The van der Waals surface area contributed by atoms with E-state index in [1.54, 1.807) is 0 Å². The Morgan fingerprint density at radius 3 is 2.31 bits per heavy atom. The van der Waals surface area contributed by atoms with Gasteiger partial charge >= 0.3 is 0 Å². The Labute approximate surface area is 234 Å². The molecule has 3 aromatic carbocycles. The molecule has 0 aliphatic heterocycles. The highest BCUT2D eigenvalue weighted by molar-refractivity contribution is 7.99. The number of carbonyl (C=O) groups is 2. The zero-order chi connectivity index (χ0) is 28.2. The van der Waals surface area contributed by atoms with Crippen LogP contribution in [0.15, 0.2) is 71.9 Å². The van der Waals surface area contributed by atoms with Crippen LogP contribution in [0.4, 0.5) is 5.69 Å². The molecule has 0 radical (unpaired) electrons. The number of anilines is 1. The van der Waals surface area contributed by atoms with E-state index >= 15 is 0 Å². The molecular formula is C31H35N5O2S. The summed E-state index contributed by atoms with van der Waals surface area (Å²) in [7, 11) is 0. The fourth-order valence-electron chi connectivity index (χ4n) is 4.10. The van der Waals surface area contributed by atoms with Gasteiger partial charge in [0.05, 0.1) is 12.3 Å². The maximum Gasteiger partial charge on any atom is 0.251 e. The van der Waals surface area contributed by atoms with Crippen LogP contribution in [0.25, 0.3) is 5.69 Å². The van der Waals surface area contributed by atoms with Crippen LogP contribution in [0.1, 0.15) is 59.2 Å². The van der Waals surface area contributed by atoms with Gasteiger partial charge in [-0.25, -0.2) is 0 Å². The molecule has 0 aliphatic carbocycles. The zero-order valence-electron chi connectivity index (χ0n) is 23.3. The summed E-state index contributed by atoms with van der Waals surface area (Å²) in [6, 6.07) is 21.6. The van der Waals surface area contributed by atoms with Gasteiger partial charge in [-0.15, -0.1) is 10.2 Å². The molecule has 4 aromatic rings. The van der Waals surface area contributed by atoms with Crippen molar-refractivity contribution in [3.8, 4) is 5.69 Å². The minimum Gasteiger partial charge on any atom is -0.345 e. The first-order valence-corrected chi connectivity index (χ1v) is 13.9. The summed E-state index contributed by atoms with van der Waals surface area (Å²) >= 11 is 1.31. The third-order valence-corrected chi connectivity index (χ3v) is 7.31. The van der Waals surface area contributed by atoms with Crippen molar-refractivity contribution in [3.05, 3.63) is 100 Å². The second-order valence-corrected chi connectivity index (χ2v) is 11.7. The lowest BCUT2D eigenvalue weighted by molar-refractivity contribution is -0.113. The van der Waals surface area contributed by atoms with Crippen LogP contribution in [0.5, 0.6) is 0 Å². The van der Waals surface area contributed by atoms with Gasteiger partial charge in [0.2, 0.25) is 5.91 Å². The average molecular weight is 542 g/mol. The molecule has 1 aromatic heterocycles. The molecule has 4 rings (SSSR count). The van der Waals surface area contributed by atoms with Crippen LogP contribution in [0, 0.1) is 20.8 Å². The van der Waals surface area contributed by atoms with E-state index in [9.17, 15) is 9.59 Å². The minimum absolute atomic E-state index is 0.0169. The van der Waals surface area contributed by atoms with E-state index in [-0.39, 0.29) is 29.5 Å². The molecule has 202 valence electrons. The highest BCUT2D eigenvalue weighted by atomic mass is 32.2. The highest BCUT2D eigenvalue weighted by Crippen LogP contribution is 2.25. The number of rotatable bonds is 8. The highest BCUT2D eigenvalue weighted by Gasteiger charge is 2.18. The van der Waals surface area contributed by atoms with Crippen LogP contribution < -0.4 is 10.6 Å². The Morgan fingerprint density at radius 1 is 0.897 bits per heavy atom. The summed E-state index contributed by atoms with van der Waals surface area (Å²) in [6.45, 7) is 12.6. The molecule has 0 saturated heterocycles. The maximum atomic E-state index is 12.9. The predicted molar refractivity (Wildman–Crippen MR) is 158 cm³/mol. The van der Waals surface area contributed by atoms with E-state index in [2.05, 4.69) is 41.6 Å². The monoisotopic (exact) mass is 541 g/mol. The van der Waals surface area contributed by atoms with Crippen molar-refractivity contribution < 1.29 is 9.59 Å². The Bertz CT molecular complexity index is 1490. The van der Waals surface area contributed by atoms with Gasteiger partial charge in [0.15, 0.2) is 11.0 Å². The van der Waals surface area contributed by atoms with Gasteiger partial charge in [-0.1, -0.05) is 68.9 Å². The molecule has 2 N–H and O–H groups in total. The van der Waals surface area contributed by atoms with E-state index < -0.39 is 0 Å². The summed E-state index contributed by atoms with van der Waals surface area (Å²) < 4.78 is 1.89. The smallest absolute Gasteiger partial charge is 0.251 e. The van der Waals surface area contributed by atoms with Crippen molar-refractivity contribution in [1.29, 1.82) is 0 Å². The molecule has 7 nitrogen and oxygen atoms in total. The van der Waals surface area contributed by atoms with Gasteiger partial charge in [-0.3, -0.25) is 14.2 Å². The summed E-state index contributed by atoms with van der Waals surface area (Å²) in [6.07, 6.45) is 0. The van der Waals surface area contributed by atoms with E-state index in [0.717, 1.165) is 28.1 Å². The Kier molecular flexibility index (Phi) is 8.55. The van der Waals surface area contributed by atoms with Crippen LogP contribution in [-0.2, 0) is 16.8 Å². The van der Waals surface area contributed by atoms with Crippen LogP contribution in [-0.4, -0.2) is 32.3 Å². The predicted octanol–water partition coefficient (Wildman–Crippen LogP) is 6.15. The lowest BCUT2D eigenvalue weighted by atomic mass is 9.87. The van der Waals surface area contributed by atoms with E-state index in [1.807, 2.05) is 92.1 Å². The number of hydrogen-bond acceptors (Lipinski definition) is 5. The third kappa shape index (κ3) is 7.15. The van der Waals surface area contributed by atoms with Crippen molar-refractivity contribution in [1.82, 2.24) is 20.1 Å². The first-order chi connectivity index (χ1) is 18.5. The SMILES string of the molecule is Cc1cccc(-n2c(CNC(=O)c3ccc(C(C)(C)C)cc3)nnc2SCC(=O)Nc2cc(C)ccc2C)c1. The van der Waals surface area contributed by atoms with Crippen molar-refractivity contribution in [3.63, 3.8) is 0 Å². The number of benzene rings is 3. The van der Waals surface area contributed by atoms with Crippen molar-refractivity contribution in [2.75, 3.05) is 11.1 Å². The van der Waals surface area contributed by atoms with Gasteiger partial charge < -0.3 is 10.6 Å². The average Bonchev–Trinajstić information content (AvgIpc) is 3.30. The number of aromatic nitrogens is 3. The molecule has 0 saturated carbocycles. The Balaban J connectivity index is 1.50. The summed E-state index contributed by atoms with van der Waals surface area (Å²) in [5, 5.41) is 15.3. The van der Waals surface area contributed by atoms with Crippen LogP contribution in [0.3, 0.4) is 0 Å². The van der Waals surface area contributed by atoms with Gasteiger partial charge in [0.1, 0.15) is 0 Å². The van der Waals surface area contributed by atoms with Gasteiger partial charge in [0.25, 0.3) is 5.91 Å². The summed E-state index contributed by atoms with van der Waals surface area (Å²) in [5.41, 5.74) is 6.62. The van der Waals surface area contributed by atoms with Gasteiger partial charge in [0, 0.05) is 16.9 Å². The Morgan fingerprint density at radius 2 is 1.62 bits per heavy atom. The molecule has 0 spiro atoms. The van der Waals surface area contributed by atoms with E-state index in [1.165, 1.54) is 17.3 Å². The number of hydrogen-bond donors (Lipinski definition) is 2. The molecule has 0 unspecified atom stereocenters. The summed E-state index contributed by atoms with van der Waals surface area (Å²) in [4.78, 5) is 25.7. The number of carbonyl (C=O) groups excluding carboxylic acids is 2. The number of amides is 2. The fourth-order valence-corrected chi connectivity index (χ4v) is 4.88. The minimum atomic E-state index is -0.184.